The molecule has 0 fully saturated rings. The van der Waals surface area contributed by atoms with Gasteiger partial charge in [0.1, 0.15) is 22.8 Å². The first-order chi connectivity index (χ1) is 37.6. The predicted molar refractivity (Wildman–Crippen MR) is 229 cm³/mol. The second-order valence-corrected chi connectivity index (χ2v) is 17.3. The number of benzene rings is 3. The maximum Gasteiger partial charge on any atom is 0.460 e. The molecular formula is C48H38F26O9. The van der Waals surface area contributed by atoms with Crippen molar-refractivity contribution in [3.63, 3.8) is 0 Å². The normalized spacial score (nSPS) is 13.7. The minimum atomic E-state index is -8.39. The summed E-state index contributed by atoms with van der Waals surface area (Å²) in [4.78, 5) is 51.3. The number of rotatable bonds is 29. The van der Waals surface area contributed by atoms with Crippen molar-refractivity contribution >= 4 is 30.0 Å². The molecule has 0 aliphatic rings. The van der Waals surface area contributed by atoms with Crippen LogP contribution in [0.4, 0.5) is 114 Å². The van der Waals surface area contributed by atoms with Crippen LogP contribution in [0.2, 0.25) is 0 Å². The molecule has 0 aromatic heterocycles. The summed E-state index contributed by atoms with van der Waals surface area (Å²) in [5, 5.41) is 0. The first-order valence-electron chi connectivity index (χ1n) is 23.0. The average molecular weight is 1250 g/mol. The molecule has 0 bridgehead atoms. The van der Waals surface area contributed by atoms with E-state index in [1.54, 1.807) is 12.1 Å². The maximum absolute atomic E-state index is 14.4. The second-order valence-electron chi connectivity index (χ2n) is 17.3. The van der Waals surface area contributed by atoms with E-state index < -0.39 is 138 Å². The number of ether oxygens (including phenoxy) is 5. The fourth-order valence-corrected chi connectivity index (χ4v) is 6.37. The zero-order chi connectivity index (χ0) is 63.9. The minimum Gasteiger partial charge on any atom is -0.494 e. The molecule has 3 aromatic rings. The largest absolute Gasteiger partial charge is 0.494 e. The summed E-state index contributed by atoms with van der Waals surface area (Å²) >= 11 is 0. The Morgan fingerprint density at radius 1 is 0.373 bits per heavy atom. The molecule has 3 aromatic carbocycles. The van der Waals surface area contributed by atoms with Crippen LogP contribution in [0.5, 0.6) is 17.2 Å². The van der Waals surface area contributed by atoms with E-state index in [9.17, 15) is 133 Å². The number of unbranched alkanes of at least 4 members (excludes halogenated alkanes) is 5. The third kappa shape index (κ3) is 15.0. The molecule has 83 heavy (non-hydrogen) atoms. The summed E-state index contributed by atoms with van der Waals surface area (Å²) in [6.45, 7) is -2.75. The van der Waals surface area contributed by atoms with Crippen LogP contribution in [0, 0.1) is 0 Å². The van der Waals surface area contributed by atoms with Crippen LogP contribution in [0.25, 0.3) is 6.08 Å². The van der Waals surface area contributed by atoms with Crippen LogP contribution >= 0.6 is 0 Å². The van der Waals surface area contributed by atoms with E-state index in [4.69, 9.17) is 14.2 Å². The molecule has 0 amide bonds. The van der Waals surface area contributed by atoms with E-state index in [0.717, 1.165) is 62.8 Å². The van der Waals surface area contributed by atoms with Gasteiger partial charge < -0.3 is 23.7 Å². The highest BCUT2D eigenvalue weighted by Gasteiger charge is 2.92. The van der Waals surface area contributed by atoms with E-state index in [2.05, 4.69) is 16.4 Å². The Morgan fingerprint density at radius 3 is 1.05 bits per heavy atom. The highest BCUT2D eigenvalue weighted by Crippen LogP contribution is 2.62. The van der Waals surface area contributed by atoms with Crippen LogP contribution in [-0.2, 0) is 19.1 Å². The maximum atomic E-state index is 14.4. The molecule has 0 saturated heterocycles. The number of hydrogen-bond acceptors (Lipinski definition) is 9. The molecule has 3 rings (SSSR count). The molecule has 9 nitrogen and oxygen atoms in total. The number of hydrogen-bond donors (Lipinski definition) is 0. The van der Waals surface area contributed by atoms with Crippen LogP contribution in [0.15, 0.2) is 78.4 Å². The van der Waals surface area contributed by atoms with Crippen molar-refractivity contribution < 1.29 is 157 Å². The molecule has 0 aliphatic heterocycles. The fraction of sp³-hybridized carbons (Fsp3) is 0.500. The van der Waals surface area contributed by atoms with Crippen molar-refractivity contribution in [2.45, 2.75) is 130 Å². The second kappa shape index (κ2) is 25.6. The van der Waals surface area contributed by atoms with Gasteiger partial charge in [-0.15, -0.1) is 0 Å². The van der Waals surface area contributed by atoms with E-state index in [1.165, 1.54) is 12.1 Å². The lowest BCUT2D eigenvalue weighted by Crippen LogP contribution is -2.70. The Bertz CT molecular complexity index is 2630. The summed E-state index contributed by atoms with van der Waals surface area (Å²) in [6, 6.07) is 13.0. The number of carbonyl (C=O) groups excluding carboxylic acids is 4. The zero-order valence-electron chi connectivity index (χ0n) is 41.3. The molecule has 0 saturated carbocycles. The summed E-state index contributed by atoms with van der Waals surface area (Å²) in [5.41, 5.74) is -3.43. The van der Waals surface area contributed by atoms with Crippen molar-refractivity contribution in [3.05, 3.63) is 95.1 Å². The molecule has 0 N–H and O–H groups in total. The molecule has 35 heteroatoms. The summed E-state index contributed by atoms with van der Waals surface area (Å²) in [5.74, 6) is -86.9. The molecular weight excluding hydrogens is 1210 g/mol. The van der Waals surface area contributed by atoms with Gasteiger partial charge >= 0.3 is 95.5 Å². The van der Waals surface area contributed by atoms with Gasteiger partial charge in [0, 0.05) is 0 Å². The van der Waals surface area contributed by atoms with E-state index in [-0.39, 0.29) is 23.1 Å². The Morgan fingerprint density at radius 2 is 0.687 bits per heavy atom. The topological polar surface area (TPSA) is 114 Å². The Hall–Kier alpha value is -6.74. The van der Waals surface area contributed by atoms with Gasteiger partial charge in [-0.1, -0.05) is 51.2 Å². The highest BCUT2D eigenvalue weighted by atomic mass is 19.4. The quantitative estimate of drug-likeness (QED) is 0.0127. The number of esters is 4. The molecule has 0 atom stereocenters. The Balaban J connectivity index is 1.86. The van der Waals surface area contributed by atoms with Gasteiger partial charge in [0.25, 0.3) is 0 Å². The van der Waals surface area contributed by atoms with Gasteiger partial charge in [-0.2, -0.15) is 114 Å². The average Bonchev–Trinajstić information content (AvgIpc) is 2.58. The Kier molecular flexibility index (Phi) is 21.8. The van der Waals surface area contributed by atoms with Crippen molar-refractivity contribution in [1.82, 2.24) is 0 Å². The van der Waals surface area contributed by atoms with Crippen molar-refractivity contribution in [3.8, 4) is 17.2 Å². The van der Waals surface area contributed by atoms with Gasteiger partial charge in [-0.25, -0.2) is 19.2 Å². The van der Waals surface area contributed by atoms with Crippen molar-refractivity contribution in [2.75, 3.05) is 19.8 Å². The molecule has 466 valence electrons. The van der Waals surface area contributed by atoms with E-state index >= 15 is 0 Å². The van der Waals surface area contributed by atoms with Crippen LogP contribution in [-0.4, -0.2) is 115 Å². The number of alkyl halides is 26. The summed E-state index contributed by atoms with van der Waals surface area (Å²) in [7, 11) is 0. The molecule has 0 unspecified atom stereocenters. The lowest BCUT2D eigenvalue weighted by molar-refractivity contribution is -0.440. The van der Waals surface area contributed by atoms with E-state index in [1.807, 2.05) is 0 Å². The third-order valence-electron chi connectivity index (χ3n) is 11.3. The monoisotopic (exact) mass is 1250 g/mol. The summed E-state index contributed by atoms with van der Waals surface area (Å²) < 4.78 is 376. The van der Waals surface area contributed by atoms with Crippen LogP contribution < -0.4 is 14.2 Å². The Labute approximate surface area is 448 Å². The summed E-state index contributed by atoms with van der Waals surface area (Å²) in [6.07, 6.45) is -16.1. The first-order valence-corrected chi connectivity index (χ1v) is 23.0. The number of halogens is 26. The molecule has 0 spiro atoms. The molecule has 0 radical (unpaired) electrons. The lowest BCUT2D eigenvalue weighted by atomic mass is 9.93. The van der Waals surface area contributed by atoms with Crippen molar-refractivity contribution in [2.24, 2.45) is 0 Å². The standard InChI is InChI=1S/C48H38F26O9/c1-2-3-4-5-6-7-22-79-29-16-18-31(19-17-29)83-34(76)28-12-14-30(15-13-28)82-33(75)27-10-8-26(9-11-27)25-32(35(77)80-23-20-37(49,50)39(53,54)41(57,58)43(61,62)45(65,66)47(69,70)71)36(78)81-24-21-38(51,52)40(55,56)42(59,60)44(63,64)46(67,68)48(72,73)74/h8-19,25H,2-7,20-24H2,1H3. The first kappa shape index (κ1) is 70.5. The predicted octanol–water partition coefficient (Wildman–Crippen LogP) is 15.6. The van der Waals surface area contributed by atoms with E-state index in [0.29, 0.717) is 36.6 Å². The van der Waals surface area contributed by atoms with Crippen LogP contribution in [0.3, 0.4) is 0 Å². The van der Waals surface area contributed by atoms with Gasteiger partial charge in [-0.3, -0.25) is 0 Å². The van der Waals surface area contributed by atoms with Crippen molar-refractivity contribution in [1.29, 1.82) is 0 Å². The smallest absolute Gasteiger partial charge is 0.460 e. The highest BCUT2D eigenvalue weighted by molar-refractivity contribution is 6.17. The van der Waals surface area contributed by atoms with Gasteiger partial charge in [0.05, 0.1) is 43.8 Å². The third-order valence-corrected chi connectivity index (χ3v) is 11.3. The van der Waals surface area contributed by atoms with Crippen LogP contribution in [0.1, 0.15) is 84.6 Å². The van der Waals surface area contributed by atoms with Gasteiger partial charge in [0.15, 0.2) is 0 Å². The zero-order valence-corrected chi connectivity index (χ0v) is 41.3. The van der Waals surface area contributed by atoms with Gasteiger partial charge in [0.2, 0.25) is 0 Å². The SMILES string of the molecule is CCCCCCCCOc1ccc(OC(=O)c2ccc(OC(=O)c3ccc(C=C(C(=O)OCCC(F)(F)C(F)(F)C(F)(F)C(F)(F)C(F)(F)C(F)(F)F)C(=O)OCCC(F)(F)C(F)(F)C(F)(F)C(F)(F)C(F)(F)C(F)(F)F)cc3)cc2)cc1. The fourth-order valence-electron chi connectivity index (χ4n) is 6.37. The lowest BCUT2D eigenvalue weighted by Gasteiger charge is -2.39. The molecule has 0 heterocycles. The molecule has 0 aliphatic carbocycles. The van der Waals surface area contributed by atoms with Gasteiger partial charge in [-0.05, 0) is 78.7 Å². The minimum absolute atomic E-state index is 0.0155. The number of carbonyl (C=O) groups is 4.